The Kier molecular flexibility index (Phi) is 11.9. The third-order valence-electron chi connectivity index (χ3n) is 7.03. The predicted molar refractivity (Wildman–Crippen MR) is 133 cm³/mol. The Morgan fingerprint density at radius 2 is 1.81 bits per heavy atom. The lowest BCUT2D eigenvalue weighted by atomic mass is 9.84. The van der Waals surface area contributed by atoms with E-state index in [-0.39, 0.29) is 30.8 Å². The number of carbonyl (C=O) groups excluding carboxylic acids is 3. The molecule has 3 unspecified atom stereocenters. The highest BCUT2D eigenvalue weighted by molar-refractivity contribution is 7.86. The van der Waals surface area contributed by atoms with E-state index in [1.165, 1.54) is 12.8 Å². The van der Waals surface area contributed by atoms with Crippen LogP contribution in [0.1, 0.15) is 85.0 Å². The van der Waals surface area contributed by atoms with Crippen molar-refractivity contribution >= 4 is 28.0 Å². The Labute approximate surface area is 214 Å². The van der Waals surface area contributed by atoms with Gasteiger partial charge in [-0.2, -0.15) is 8.42 Å². The van der Waals surface area contributed by atoms with Crippen molar-refractivity contribution in [1.82, 2.24) is 16.0 Å². The first-order chi connectivity index (χ1) is 16.9. The van der Waals surface area contributed by atoms with E-state index in [1.54, 1.807) is 0 Å². The summed E-state index contributed by atoms with van der Waals surface area (Å²) in [6.07, 6.45) is 6.60. The van der Waals surface area contributed by atoms with E-state index in [0.717, 1.165) is 32.1 Å². The van der Waals surface area contributed by atoms with Crippen LogP contribution in [0.15, 0.2) is 0 Å². The van der Waals surface area contributed by atoms with Crippen LogP contribution in [-0.4, -0.2) is 66.2 Å². The highest BCUT2D eigenvalue weighted by atomic mass is 32.2. The molecular formula is C24H43N3O8S. The molecule has 1 aliphatic heterocycles. The minimum Gasteiger partial charge on any atom is -0.446 e. The van der Waals surface area contributed by atoms with Crippen LogP contribution in [0, 0.1) is 17.8 Å². The topological polar surface area (TPSA) is 171 Å². The molecule has 1 saturated carbocycles. The SMILES string of the molecule is CCCCC1CCC(OC(=O)NC(CC(C)C)C(=O)N[C@@H](CC2CCNC2=O)C(O)S(=O)(=O)O)CC1. The van der Waals surface area contributed by atoms with Gasteiger partial charge in [0, 0.05) is 12.5 Å². The van der Waals surface area contributed by atoms with Gasteiger partial charge >= 0.3 is 6.09 Å². The Morgan fingerprint density at radius 3 is 2.33 bits per heavy atom. The number of aliphatic hydroxyl groups excluding tert-OH is 1. The smallest absolute Gasteiger partial charge is 0.408 e. The van der Waals surface area contributed by atoms with Gasteiger partial charge in [0.25, 0.3) is 10.1 Å². The summed E-state index contributed by atoms with van der Waals surface area (Å²) in [6.45, 7) is 6.28. The Morgan fingerprint density at radius 1 is 1.14 bits per heavy atom. The number of rotatable bonds is 13. The summed E-state index contributed by atoms with van der Waals surface area (Å²) >= 11 is 0. The average Bonchev–Trinajstić information content (AvgIpc) is 3.20. The standard InChI is InChI=1S/C24H43N3O8S/c1-4-5-6-16-7-9-18(10-8-16)35-24(31)27-19(13-15(2)3)22(29)26-20(23(30)36(32,33)34)14-17-11-12-25-21(17)28/h15-20,23,30H,4-14H2,1-3H3,(H,25,28)(H,26,29)(H,27,31)(H,32,33,34)/t16?,17?,18?,19?,20-,23?/m0/s1. The van der Waals surface area contributed by atoms with E-state index >= 15 is 0 Å². The molecule has 2 fully saturated rings. The molecule has 1 aliphatic carbocycles. The number of carbonyl (C=O) groups is 3. The molecule has 2 rings (SSSR count). The van der Waals surface area contributed by atoms with Crippen LogP contribution in [0.5, 0.6) is 0 Å². The summed E-state index contributed by atoms with van der Waals surface area (Å²) in [5.74, 6) is -1.02. The van der Waals surface area contributed by atoms with Crippen LogP contribution in [0.4, 0.5) is 4.79 Å². The number of unbranched alkanes of at least 4 members (excludes halogenated alkanes) is 1. The maximum atomic E-state index is 13.1. The van der Waals surface area contributed by atoms with Gasteiger partial charge in [-0.1, -0.05) is 40.0 Å². The fraction of sp³-hybridized carbons (Fsp3) is 0.875. The Hall–Kier alpha value is -1.92. The van der Waals surface area contributed by atoms with Crippen LogP contribution in [0.2, 0.25) is 0 Å². The summed E-state index contributed by atoms with van der Waals surface area (Å²) < 4.78 is 38.1. The van der Waals surface area contributed by atoms with E-state index in [1.807, 2.05) is 13.8 Å². The molecule has 12 heteroatoms. The Bertz CT molecular complexity index is 842. The molecule has 0 aromatic rings. The van der Waals surface area contributed by atoms with E-state index in [0.29, 0.717) is 18.9 Å². The van der Waals surface area contributed by atoms with Crippen LogP contribution < -0.4 is 16.0 Å². The second kappa shape index (κ2) is 14.1. The zero-order valence-electron chi connectivity index (χ0n) is 21.6. The third-order valence-corrected chi connectivity index (χ3v) is 7.97. The normalized spacial score (nSPS) is 25.1. The number of aliphatic hydroxyl groups is 1. The number of nitrogens with one attached hydrogen (secondary N) is 3. The summed E-state index contributed by atoms with van der Waals surface area (Å²) in [5.41, 5.74) is -2.32. The van der Waals surface area contributed by atoms with Crippen molar-refractivity contribution in [3.63, 3.8) is 0 Å². The van der Waals surface area contributed by atoms with Crippen molar-refractivity contribution in [2.24, 2.45) is 17.8 Å². The molecule has 0 aromatic carbocycles. The summed E-state index contributed by atoms with van der Waals surface area (Å²) in [4.78, 5) is 37.7. The molecule has 1 saturated heterocycles. The van der Waals surface area contributed by atoms with Gasteiger partial charge in [0.15, 0.2) is 0 Å². The van der Waals surface area contributed by atoms with Gasteiger partial charge in [-0.05, 0) is 56.8 Å². The van der Waals surface area contributed by atoms with Crippen LogP contribution in [0.3, 0.4) is 0 Å². The summed E-state index contributed by atoms with van der Waals surface area (Å²) in [7, 11) is -4.91. The molecule has 2 aliphatic rings. The maximum absolute atomic E-state index is 13.1. The lowest BCUT2D eigenvalue weighted by molar-refractivity contribution is -0.126. The molecule has 1 heterocycles. The van der Waals surface area contributed by atoms with Gasteiger partial charge in [-0.15, -0.1) is 0 Å². The van der Waals surface area contributed by atoms with Crippen LogP contribution in [-0.2, 0) is 24.4 Å². The van der Waals surface area contributed by atoms with Gasteiger partial charge in [0.1, 0.15) is 12.1 Å². The monoisotopic (exact) mass is 533 g/mol. The van der Waals surface area contributed by atoms with Gasteiger partial charge in [0.2, 0.25) is 17.3 Å². The number of alkyl carbamates (subject to hydrolysis) is 1. The molecule has 0 spiro atoms. The largest absolute Gasteiger partial charge is 0.446 e. The van der Waals surface area contributed by atoms with Crippen LogP contribution >= 0.6 is 0 Å². The first kappa shape index (κ1) is 30.3. The molecule has 0 bridgehead atoms. The van der Waals surface area contributed by atoms with Gasteiger partial charge in [-0.25, -0.2) is 4.79 Å². The highest BCUT2D eigenvalue weighted by Crippen LogP contribution is 2.30. The van der Waals surface area contributed by atoms with Crippen molar-refractivity contribution < 1.29 is 37.2 Å². The summed E-state index contributed by atoms with van der Waals surface area (Å²) in [5, 5.41) is 17.8. The molecule has 3 amide bonds. The molecule has 5 N–H and O–H groups in total. The zero-order chi connectivity index (χ0) is 26.9. The van der Waals surface area contributed by atoms with Crippen LogP contribution in [0.25, 0.3) is 0 Å². The number of amides is 3. The number of hydrogen-bond acceptors (Lipinski definition) is 7. The molecule has 0 aromatic heterocycles. The first-order valence-corrected chi connectivity index (χ1v) is 14.6. The van der Waals surface area contributed by atoms with E-state index < -0.39 is 45.6 Å². The maximum Gasteiger partial charge on any atom is 0.408 e. The molecule has 0 radical (unpaired) electrons. The third kappa shape index (κ3) is 9.85. The van der Waals surface area contributed by atoms with Crippen molar-refractivity contribution in [2.75, 3.05) is 6.54 Å². The average molecular weight is 534 g/mol. The fourth-order valence-corrected chi connectivity index (χ4v) is 5.57. The fourth-order valence-electron chi connectivity index (χ4n) is 4.98. The summed E-state index contributed by atoms with van der Waals surface area (Å²) in [6, 6.07) is -2.49. The van der Waals surface area contributed by atoms with E-state index in [4.69, 9.17) is 4.74 Å². The number of hydrogen-bond donors (Lipinski definition) is 5. The Balaban J connectivity index is 2.00. The minimum absolute atomic E-state index is 0.000567. The second-order valence-corrected chi connectivity index (χ2v) is 12.1. The molecular weight excluding hydrogens is 490 g/mol. The lowest BCUT2D eigenvalue weighted by Gasteiger charge is -2.30. The highest BCUT2D eigenvalue weighted by Gasteiger charge is 2.38. The van der Waals surface area contributed by atoms with Gasteiger partial charge < -0.3 is 25.8 Å². The van der Waals surface area contributed by atoms with Crippen molar-refractivity contribution in [3.8, 4) is 0 Å². The molecule has 11 nitrogen and oxygen atoms in total. The number of ether oxygens (including phenoxy) is 1. The zero-order valence-corrected chi connectivity index (χ0v) is 22.4. The lowest BCUT2D eigenvalue weighted by Crippen LogP contribution is -2.55. The molecule has 4 atom stereocenters. The van der Waals surface area contributed by atoms with E-state index in [2.05, 4.69) is 22.9 Å². The molecule has 36 heavy (non-hydrogen) atoms. The van der Waals surface area contributed by atoms with Crippen molar-refractivity contribution in [2.45, 2.75) is 109 Å². The van der Waals surface area contributed by atoms with E-state index in [9.17, 15) is 32.5 Å². The van der Waals surface area contributed by atoms with Crippen molar-refractivity contribution in [1.29, 1.82) is 0 Å². The van der Waals surface area contributed by atoms with Gasteiger partial charge in [0.05, 0.1) is 6.04 Å². The van der Waals surface area contributed by atoms with Gasteiger partial charge in [-0.3, -0.25) is 14.1 Å². The second-order valence-electron chi connectivity index (χ2n) is 10.5. The predicted octanol–water partition coefficient (Wildman–Crippen LogP) is 2.09. The molecule has 208 valence electrons. The quantitative estimate of drug-likeness (QED) is 0.224. The van der Waals surface area contributed by atoms with Crippen molar-refractivity contribution in [3.05, 3.63) is 0 Å². The first-order valence-electron chi connectivity index (χ1n) is 13.1. The minimum atomic E-state index is -4.91.